The van der Waals surface area contributed by atoms with Crippen molar-refractivity contribution in [1.29, 1.82) is 0 Å². The number of hydrogen-bond donors (Lipinski definition) is 2. The van der Waals surface area contributed by atoms with Gasteiger partial charge < -0.3 is 15.2 Å². The maximum Gasteiger partial charge on any atom is 0.365 e. The molecule has 0 amide bonds. The van der Waals surface area contributed by atoms with Gasteiger partial charge in [0.1, 0.15) is 0 Å². The molecule has 1 aromatic rings. The minimum absolute atomic E-state index is 0.0490. The number of rotatable bonds is 6. The van der Waals surface area contributed by atoms with Crippen molar-refractivity contribution in [3.05, 3.63) is 16.1 Å². The summed E-state index contributed by atoms with van der Waals surface area (Å²) in [6.07, 6.45) is 0. The van der Waals surface area contributed by atoms with E-state index >= 15 is 0 Å². The fraction of sp³-hybridized carbons (Fsp3) is 0.444. The number of thiazole rings is 1. The van der Waals surface area contributed by atoms with Gasteiger partial charge in [0.2, 0.25) is 5.01 Å². The van der Waals surface area contributed by atoms with E-state index in [1.165, 1.54) is 0 Å². The van der Waals surface area contributed by atoms with Gasteiger partial charge in [0.25, 0.3) is 0 Å². The molecule has 0 aromatic carbocycles. The Bertz CT molecular complexity index is 377. The molecular formula is C9H12N2O4S. The lowest BCUT2D eigenvalue weighted by Crippen LogP contribution is -2.24. The summed E-state index contributed by atoms with van der Waals surface area (Å²) in [5.74, 6) is -1.38. The number of carboxylic acid groups (broad SMARTS) is 1. The predicted octanol–water partition coefficient (Wildman–Crippen LogP) is 0.494. The number of aromatic nitrogens is 1. The molecule has 0 spiro atoms. The van der Waals surface area contributed by atoms with Crippen molar-refractivity contribution in [3.8, 4) is 0 Å². The first-order valence-corrected chi connectivity index (χ1v) is 5.55. The van der Waals surface area contributed by atoms with Crippen LogP contribution in [0.3, 0.4) is 0 Å². The van der Waals surface area contributed by atoms with Crippen LogP contribution in [0.4, 0.5) is 0 Å². The highest BCUT2D eigenvalue weighted by atomic mass is 32.1. The summed E-state index contributed by atoms with van der Waals surface area (Å²) in [6, 6.07) is 0. The van der Waals surface area contributed by atoms with E-state index in [9.17, 15) is 9.59 Å². The molecule has 1 rings (SSSR count). The topological polar surface area (TPSA) is 88.5 Å². The van der Waals surface area contributed by atoms with E-state index in [1.807, 2.05) is 0 Å². The number of aromatic carboxylic acids is 1. The summed E-state index contributed by atoms with van der Waals surface area (Å²) in [5, 5.41) is 13.1. The van der Waals surface area contributed by atoms with Crippen molar-refractivity contribution in [3.63, 3.8) is 0 Å². The first-order chi connectivity index (χ1) is 7.63. The smallest absolute Gasteiger partial charge is 0.365 e. The van der Waals surface area contributed by atoms with Gasteiger partial charge in [0.05, 0.1) is 18.8 Å². The molecule has 0 unspecified atom stereocenters. The lowest BCUT2D eigenvalue weighted by Gasteiger charge is -2.02. The third-order valence-electron chi connectivity index (χ3n) is 1.62. The molecule has 1 heterocycles. The van der Waals surface area contributed by atoms with Gasteiger partial charge in [0.15, 0.2) is 0 Å². The molecule has 6 nitrogen and oxygen atoms in total. The molecule has 7 heteroatoms. The van der Waals surface area contributed by atoms with Gasteiger partial charge in [-0.25, -0.2) is 9.78 Å². The summed E-state index contributed by atoms with van der Waals surface area (Å²) < 4.78 is 4.71. The third-order valence-corrected chi connectivity index (χ3v) is 2.49. The minimum atomic E-state index is -1.04. The molecule has 0 aliphatic rings. The maximum atomic E-state index is 11.0. The molecule has 0 aliphatic heterocycles. The fourth-order valence-corrected chi connectivity index (χ4v) is 1.65. The van der Waals surface area contributed by atoms with Gasteiger partial charge in [0, 0.05) is 11.9 Å². The number of nitrogens with zero attached hydrogens (tertiary/aromatic N) is 1. The molecule has 0 atom stereocenters. The molecule has 0 bridgehead atoms. The number of carbonyl (C=O) groups excluding carboxylic acids is 1. The van der Waals surface area contributed by atoms with Gasteiger partial charge in [-0.15, -0.1) is 11.3 Å². The van der Waals surface area contributed by atoms with Gasteiger partial charge in [-0.1, -0.05) is 0 Å². The van der Waals surface area contributed by atoms with E-state index in [4.69, 9.17) is 9.84 Å². The van der Waals surface area contributed by atoms with Gasteiger partial charge in [-0.3, -0.25) is 4.79 Å². The molecule has 0 fully saturated rings. The zero-order chi connectivity index (χ0) is 12.0. The number of ether oxygens (including phenoxy) is 1. The Balaban J connectivity index is 2.32. The maximum absolute atomic E-state index is 11.0. The summed E-state index contributed by atoms with van der Waals surface area (Å²) in [7, 11) is 0. The van der Waals surface area contributed by atoms with Crippen LogP contribution in [0, 0.1) is 0 Å². The van der Waals surface area contributed by atoms with Crippen LogP contribution in [-0.4, -0.2) is 35.2 Å². The van der Waals surface area contributed by atoms with Crippen LogP contribution < -0.4 is 5.32 Å². The molecule has 16 heavy (non-hydrogen) atoms. The zero-order valence-corrected chi connectivity index (χ0v) is 9.54. The van der Waals surface area contributed by atoms with Crippen LogP contribution in [0.25, 0.3) is 0 Å². The Labute approximate surface area is 96.3 Å². The first-order valence-electron chi connectivity index (χ1n) is 4.67. The molecule has 0 saturated heterocycles. The number of nitrogens with one attached hydrogen (secondary N) is 1. The van der Waals surface area contributed by atoms with Crippen molar-refractivity contribution in [2.75, 3.05) is 13.2 Å². The summed E-state index contributed by atoms with van der Waals surface area (Å²) >= 11 is 1.06. The molecular weight excluding hydrogens is 232 g/mol. The quantitative estimate of drug-likeness (QED) is 0.708. The molecule has 0 saturated carbocycles. The number of esters is 1. The second-order valence-corrected chi connectivity index (χ2v) is 3.72. The van der Waals surface area contributed by atoms with E-state index in [0.717, 1.165) is 11.3 Å². The summed E-state index contributed by atoms with van der Waals surface area (Å²) in [6.45, 7) is 2.52. The van der Waals surface area contributed by atoms with E-state index in [-0.39, 0.29) is 17.5 Å². The molecule has 0 radical (unpaired) electrons. The molecule has 2 N–H and O–H groups in total. The molecule has 88 valence electrons. The largest absolute Gasteiger partial charge is 0.476 e. The number of carbonyl (C=O) groups is 2. The van der Waals surface area contributed by atoms with Crippen molar-refractivity contribution in [1.82, 2.24) is 10.3 Å². The highest BCUT2D eigenvalue weighted by Gasteiger charge is 2.08. The highest BCUT2D eigenvalue weighted by Crippen LogP contribution is 2.08. The summed E-state index contributed by atoms with van der Waals surface area (Å²) in [5.41, 5.74) is 0.603. The second kappa shape index (κ2) is 6.19. The van der Waals surface area contributed by atoms with Gasteiger partial charge in [-0.2, -0.15) is 0 Å². The zero-order valence-electron chi connectivity index (χ0n) is 8.73. The Morgan fingerprint density at radius 3 is 2.94 bits per heavy atom. The average Bonchev–Trinajstić information content (AvgIpc) is 2.67. The van der Waals surface area contributed by atoms with Crippen molar-refractivity contribution >= 4 is 23.3 Å². The van der Waals surface area contributed by atoms with Crippen LogP contribution in [-0.2, 0) is 16.1 Å². The monoisotopic (exact) mass is 244 g/mol. The second-order valence-electron chi connectivity index (χ2n) is 2.86. The number of carboxylic acids is 1. The summed E-state index contributed by atoms with van der Waals surface area (Å²) in [4.78, 5) is 25.3. The van der Waals surface area contributed by atoms with Crippen molar-refractivity contribution < 1.29 is 19.4 Å². The minimum Gasteiger partial charge on any atom is -0.476 e. The normalized spacial score (nSPS) is 10.1. The fourth-order valence-electron chi connectivity index (χ4n) is 0.991. The Morgan fingerprint density at radius 1 is 1.62 bits per heavy atom. The van der Waals surface area contributed by atoms with Crippen LogP contribution in [0.1, 0.15) is 22.4 Å². The van der Waals surface area contributed by atoms with Crippen LogP contribution in [0.15, 0.2) is 5.38 Å². The van der Waals surface area contributed by atoms with E-state index in [1.54, 1.807) is 12.3 Å². The predicted molar refractivity (Wildman–Crippen MR) is 57.4 cm³/mol. The Kier molecular flexibility index (Phi) is 4.87. The van der Waals surface area contributed by atoms with Crippen LogP contribution >= 0.6 is 11.3 Å². The first kappa shape index (κ1) is 12.6. The molecule has 0 aliphatic carbocycles. The van der Waals surface area contributed by atoms with Crippen LogP contribution in [0.2, 0.25) is 0 Å². The highest BCUT2D eigenvalue weighted by molar-refractivity contribution is 7.11. The van der Waals surface area contributed by atoms with Crippen molar-refractivity contribution in [2.45, 2.75) is 13.5 Å². The van der Waals surface area contributed by atoms with Gasteiger partial charge >= 0.3 is 11.9 Å². The molecule has 1 aromatic heterocycles. The van der Waals surface area contributed by atoms with Crippen molar-refractivity contribution in [2.24, 2.45) is 0 Å². The average molecular weight is 244 g/mol. The Morgan fingerprint density at radius 2 is 2.38 bits per heavy atom. The van der Waals surface area contributed by atoms with Gasteiger partial charge in [-0.05, 0) is 6.92 Å². The number of hydrogen-bond acceptors (Lipinski definition) is 6. The Hall–Kier alpha value is -1.47. The standard InChI is InChI=1S/C9H12N2O4S/c1-2-15-7(12)4-10-3-6-5-16-8(11-6)9(13)14/h5,10H,2-4H2,1H3,(H,13,14). The van der Waals surface area contributed by atoms with Crippen LogP contribution in [0.5, 0.6) is 0 Å². The van der Waals surface area contributed by atoms with E-state index in [2.05, 4.69) is 10.3 Å². The SMILES string of the molecule is CCOC(=O)CNCc1csc(C(=O)O)n1. The lowest BCUT2D eigenvalue weighted by atomic mass is 10.4. The lowest BCUT2D eigenvalue weighted by molar-refractivity contribution is -0.142. The van der Waals surface area contributed by atoms with E-state index in [0.29, 0.717) is 18.8 Å². The third kappa shape index (κ3) is 3.95. The van der Waals surface area contributed by atoms with E-state index < -0.39 is 5.97 Å².